The maximum Gasteiger partial charge on any atom is 0.289 e. The number of carbonyl (C=O) groups excluding carboxylic acids is 1. The zero-order chi connectivity index (χ0) is 35.5. The van der Waals surface area contributed by atoms with E-state index in [0.717, 1.165) is 17.5 Å². The lowest BCUT2D eigenvalue weighted by Crippen LogP contribution is -2.34. The van der Waals surface area contributed by atoms with Crippen LogP contribution in [-0.4, -0.2) is 57.8 Å². The molecule has 0 spiro atoms. The second-order valence-corrected chi connectivity index (χ2v) is 11.3. The van der Waals surface area contributed by atoms with E-state index in [0.29, 0.717) is 59.2 Å². The Morgan fingerprint density at radius 2 is 1.50 bits per heavy atom. The first-order valence-corrected chi connectivity index (χ1v) is 16.2. The normalized spacial score (nSPS) is 16.4. The topological polar surface area (TPSA) is 114 Å². The van der Waals surface area contributed by atoms with Crippen molar-refractivity contribution in [3.63, 3.8) is 0 Å². The summed E-state index contributed by atoms with van der Waals surface area (Å²) in [6.45, 7) is 2.99. The summed E-state index contributed by atoms with van der Waals surface area (Å²) >= 11 is 0. The fourth-order valence-corrected chi connectivity index (χ4v) is 5.93. The van der Waals surface area contributed by atoms with E-state index in [1.165, 1.54) is 6.07 Å². The molecular weight excluding hydrogens is 642 g/mol. The molecule has 1 aliphatic rings. The van der Waals surface area contributed by atoms with Gasteiger partial charge in [-0.05, 0) is 78.6 Å². The van der Waals surface area contributed by atoms with Crippen LogP contribution in [0.1, 0.15) is 47.7 Å². The Labute approximate surface area is 292 Å². The predicted molar refractivity (Wildman–Crippen MR) is 184 cm³/mol. The number of hydrogen-bond donors (Lipinski definition) is 1. The lowest BCUT2D eigenvalue weighted by atomic mass is 9.74. The monoisotopic (exact) mass is 683 g/mol. The SMILES string of the molecule is CCCOc1ccc(C2(c3cc(OC)c(OC)c(OC)c3)OCCC2CC#CN(O)C(=O)c2cccc(OOc3ccccc3)c2)cc1OC. The van der Waals surface area contributed by atoms with Crippen molar-refractivity contribution in [2.75, 3.05) is 41.7 Å². The Kier molecular flexibility index (Phi) is 11.9. The van der Waals surface area contributed by atoms with Crippen LogP contribution in [0.25, 0.3) is 0 Å². The van der Waals surface area contributed by atoms with Crippen molar-refractivity contribution in [1.29, 1.82) is 0 Å². The molecule has 0 saturated carbocycles. The summed E-state index contributed by atoms with van der Waals surface area (Å²) < 4.78 is 35.3. The van der Waals surface area contributed by atoms with E-state index < -0.39 is 11.5 Å². The van der Waals surface area contributed by atoms with Crippen molar-refractivity contribution in [2.45, 2.75) is 31.8 Å². The molecule has 0 radical (unpaired) electrons. The zero-order valence-corrected chi connectivity index (χ0v) is 28.8. The molecular formula is C39H41NO10. The van der Waals surface area contributed by atoms with Crippen molar-refractivity contribution in [1.82, 2.24) is 5.06 Å². The molecule has 1 saturated heterocycles. The van der Waals surface area contributed by atoms with Crippen LogP contribution in [0, 0.1) is 17.9 Å². The Hall–Kier alpha value is -5.57. The molecule has 11 nitrogen and oxygen atoms in total. The molecule has 1 fully saturated rings. The van der Waals surface area contributed by atoms with Gasteiger partial charge in [-0.25, -0.2) is 0 Å². The molecule has 1 heterocycles. The van der Waals surface area contributed by atoms with Gasteiger partial charge in [0.1, 0.15) is 5.60 Å². The van der Waals surface area contributed by atoms with Gasteiger partial charge in [0.15, 0.2) is 34.5 Å². The summed E-state index contributed by atoms with van der Waals surface area (Å²) in [5.74, 6) is 5.35. The van der Waals surface area contributed by atoms with Gasteiger partial charge >= 0.3 is 0 Å². The fourth-order valence-electron chi connectivity index (χ4n) is 5.93. The number of ether oxygens (including phenoxy) is 6. The van der Waals surface area contributed by atoms with E-state index in [4.69, 9.17) is 38.2 Å². The molecule has 0 aromatic heterocycles. The Morgan fingerprint density at radius 3 is 2.18 bits per heavy atom. The molecule has 50 heavy (non-hydrogen) atoms. The summed E-state index contributed by atoms with van der Waals surface area (Å²) in [7, 11) is 6.25. The molecule has 1 N–H and O–H groups in total. The van der Waals surface area contributed by atoms with E-state index in [9.17, 15) is 10.0 Å². The number of rotatable bonds is 14. The van der Waals surface area contributed by atoms with E-state index in [1.54, 1.807) is 58.8 Å². The van der Waals surface area contributed by atoms with Crippen molar-refractivity contribution < 1.29 is 48.2 Å². The highest BCUT2D eigenvalue weighted by Crippen LogP contribution is 2.52. The van der Waals surface area contributed by atoms with Gasteiger partial charge in [-0.15, -0.1) is 5.06 Å². The van der Waals surface area contributed by atoms with Crippen LogP contribution >= 0.6 is 0 Å². The van der Waals surface area contributed by atoms with E-state index in [2.05, 4.69) is 12.0 Å². The number of nitrogens with zero attached hydrogens (tertiary/aromatic N) is 1. The van der Waals surface area contributed by atoms with Gasteiger partial charge in [-0.2, -0.15) is 0 Å². The van der Waals surface area contributed by atoms with Crippen molar-refractivity contribution in [3.05, 3.63) is 102 Å². The fraction of sp³-hybridized carbons (Fsp3) is 0.308. The summed E-state index contributed by atoms with van der Waals surface area (Å²) in [5.41, 5.74) is 0.645. The molecule has 2 unspecified atom stereocenters. The Morgan fingerprint density at radius 1 is 0.820 bits per heavy atom. The Bertz CT molecular complexity index is 1790. The largest absolute Gasteiger partial charge is 0.493 e. The summed E-state index contributed by atoms with van der Waals surface area (Å²) in [6, 6.07) is 27.2. The van der Waals surface area contributed by atoms with E-state index >= 15 is 0 Å². The van der Waals surface area contributed by atoms with Crippen molar-refractivity contribution in [2.24, 2.45) is 5.92 Å². The number of amides is 1. The van der Waals surface area contributed by atoms with Gasteiger partial charge in [0.25, 0.3) is 5.91 Å². The predicted octanol–water partition coefficient (Wildman–Crippen LogP) is 7.05. The molecule has 2 atom stereocenters. The second kappa shape index (κ2) is 16.7. The highest BCUT2D eigenvalue weighted by Gasteiger charge is 2.48. The lowest BCUT2D eigenvalue weighted by molar-refractivity contribution is -0.1000. The molecule has 11 heteroatoms. The average molecular weight is 684 g/mol. The van der Waals surface area contributed by atoms with Gasteiger partial charge in [0.2, 0.25) is 5.75 Å². The summed E-state index contributed by atoms with van der Waals surface area (Å²) in [6.07, 6.45) is 1.73. The maximum atomic E-state index is 13.1. The standard InChI is InChI=1S/C39H41NO10/c1-6-21-47-33-18-17-29(24-34(33)43-2)39(30-25-35(44-3)37(46-5)36(26-30)45-4)28(19-22-48-39)13-11-20-40(42)38(41)27-12-10-16-32(23-27)50-49-31-14-8-7-9-15-31/h7-10,12,14-18,23-26,28,42H,6,13,19,21-22H2,1-5H3. The van der Waals surface area contributed by atoms with Crippen LogP contribution in [0.5, 0.6) is 40.2 Å². The minimum atomic E-state index is -1.05. The molecule has 0 aliphatic carbocycles. The number of carbonyl (C=O) groups is 1. The van der Waals surface area contributed by atoms with Crippen LogP contribution < -0.4 is 33.5 Å². The van der Waals surface area contributed by atoms with Crippen LogP contribution in [0.3, 0.4) is 0 Å². The quantitative estimate of drug-likeness (QED) is 0.0488. The molecule has 5 rings (SSSR count). The van der Waals surface area contributed by atoms with Gasteiger partial charge in [0.05, 0.1) is 35.0 Å². The number of hydroxylamine groups is 2. The van der Waals surface area contributed by atoms with Crippen LogP contribution in [0.15, 0.2) is 84.9 Å². The minimum absolute atomic E-state index is 0.157. The van der Waals surface area contributed by atoms with Gasteiger partial charge in [-0.3, -0.25) is 19.8 Å². The Balaban J connectivity index is 1.45. The third-order valence-corrected chi connectivity index (χ3v) is 8.30. The molecule has 1 amide bonds. The second-order valence-electron chi connectivity index (χ2n) is 11.3. The molecule has 0 bridgehead atoms. The van der Waals surface area contributed by atoms with Gasteiger partial charge < -0.3 is 28.4 Å². The smallest absolute Gasteiger partial charge is 0.289 e. The van der Waals surface area contributed by atoms with E-state index in [1.807, 2.05) is 55.5 Å². The third-order valence-electron chi connectivity index (χ3n) is 8.30. The molecule has 262 valence electrons. The summed E-state index contributed by atoms with van der Waals surface area (Å²) in [4.78, 5) is 23.8. The zero-order valence-electron chi connectivity index (χ0n) is 28.8. The number of hydrogen-bond acceptors (Lipinski definition) is 10. The first kappa shape index (κ1) is 35.7. The first-order chi connectivity index (χ1) is 24.4. The van der Waals surface area contributed by atoms with Crippen LogP contribution in [0.4, 0.5) is 0 Å². The number of benzene rings is 4. The first-order valence-electron chi connectivity index (χ1n) is 16.2. The van der Waals surface area contributed by atoms with Crippen LogP contribution in [0.2, 0.25) is 0 Å². The molecule has 1 aliphatic heterocycles. The maximum absolute atomic E-state index is 13.1. The summed E-state index contributed by atoms with van der Waals surface area (Å²) in [5, 5.41) is 11.1. The van der Waals surface area contributed by atoms with Crippen LogP contribution in [-0.2, 0) is 10.3 Å². The lowest BCUT2D eigenvalue weighted by Gasteiger charge is -2.36. The van der Waals surface area contributed by atoms with E-state index in [-0.39, 0.29) is 23.7 Å². The number of para-hydroxylation sites is 1. The average Bonchev–Trinajstić information content (AvgIpc) is 3.60. The van der Waals surface area contributed by atoms with Gasteiger partial charge in [-0.1, -0.05) is 43.2 Å². The molecule has 4 aromatic rings. The van der Waals surface area contributed by atoms with Crippen molar-refractivity contribution >= 4 is 5.91 Å². The molecule has 4 aromatic carbocycles. The number of methoxy groups -OCH3 is 4. The van der Waals surface area contributed by atoms with Crippen molar-refractivity contribution in [3.8, 4) is 52.2 Å². The minimum Gasteiger partial charge on any atom is -0.493 e. The third kappa shape index (κ3) is 7.67. The highest BCUT2D eigenvalue weighted by molar-refractivity contribution is 5.94. The highest BCUT2D eigenvalue weighted by atomic mass is 17.2. The van der Waals surface area contributed by atoms with Gasteiger partial charge in [0, 0.05) is 30.6 Å².